The van der Waals surface area contributed by atoms with E-state index < -0.39 is 12.0 Å². The second-order valence-electron chi connectivity index (χ2n) is 4.40. The quantitative estimate of drug-likeness (QED) is 0.828. The summed E-state index contributed by atoms with van der Waals surface area (Å²) in [6, 6.07) is -0.603. The molecule has 0 bridgehead atoms. The molecule has 1 heterocycles. The molecule has 1 aromatic heterocycles. The third-order valence-corrected chi connectivity index (χ3v) is 3.90. The predicted octanol–water partition coefficient (Wildman–Crippen LogP) is 1.63. The molecular formula is C12H19N3O3S. The Hall–Kier alpha value is -1.47. The Morgan fingerprint density at radius 3 is 2.68 bits per heavy atom. The number of nitrogens with two attached hydrogens (primary N) is 1. The van der Waals surface area contributed by atoms with Gasteiger partial charge in [0.05, 0.1) is 11.7 Å². The van der Waals surface area contributed by atoms with Crippen LogP contribution in [0.2, 0.25) is 0 Å². The minimum atomic E-state index is -1.08. The van der Waals surface area contributed by atoms with E-state index >= 15 is 0 Å². The highest BCUT2D eigenvalue weighted by atomic mass is 32.1. The van der Waals surface area contributed by atoms with Gasteiger partial charge in [0.1, 0.15) is 10.6 Å². The first-order valence-corrected chi connectivity index (χ1v) is 6.90. The van der Waals surface area contributed by atoms with Crippen molar-refractivity contribution < 1.29 is 14.7 Å². The average Bonchev–Trinajstić information content (AvgIpc) is 2.76. The Labute approximate surface area is 116 Å². The standard InChI is InChI=1S/C12H19N3O3S/c1-4-5-6-8(13)10(16)15(3)11-9(12(17)18)7(2)14-19-11/h8H,4-6,13H2,1-3H3,(H,17,18). The zero-order valence-electron chi connectivity index (χ0n) is 11.3. The number of aromatic carboxylic acids is 1. The van der Waals surface area contributed by atoms with Gasteiger partial charge in [-0.1, -0.05) is 19.8 Å². The average molecular weight is 285 g/mol. The molecule has 0 aromatic carbocycles. The molecule has 0 spiro atoms. The van der Waals surface area contributed by atoms with Crippen LogP contribution in [0.3, 0.4) is 0 Å². The van der Waals surface area contributed by atoms with Crippen LogP contribution in [-0.4, -0.2) is 34.4 Å². The number of amides is 1. The van der Waals surface area contributed by atoms with Gasteiger partial charge in [-0.25, -0.2) is 4.79 Å². The van der Waals surface area contributed by atoms with Gasteiger partial charge in [-0.2, -0.15) is 4.37 Å². The van der Waals surface area contributed by atoms with Crippen molar-refractivity contribution in [2.75, 3.05) is 11.9 Å². The van der Waals surface area contributed by atoms with E-state index in [0.29, 0.717) is 17.1 Å². The van der Waals surface area contributed by atoms with Crippen LogP contribution in [0.1, 0.15) is 42.2 Å². The number of hydrogen-bond donors (Lipinski definition) is 2. The Balaban J connectivity index is 2.91. The second kappa shape index (κ2) is 6.63. The summed E-state index contributed by atoms with van der Waals surface area (Å²) in [5, 5.41) is 9.48. The third kappa shape index (κ3) is 3.51. The van der Waals surface area contributed by atoms with Gasteiger partial charge >= 0.3 is 5.97 Å². The molecule has 7 heteroatoms. The number of carboxylic acid groups (broad SMARTS) is 1. The Morgan fingerprint density at radius 2 is 2.16 bits per heavy atom. The van der Waals surface area contributed by atoms with Crippen LogP contribution in [-0.2, 0) is 4.79 Å². The minimum absolute atomic E-state index is 0.0727. The van der Waals surface area contributed by atoms with Crippen molar-refractivity contribution in [1.29, 1.82) is 0 Å². The summed E-state index contributed by atoms with van der Waals surface area (Å²) in [6.07, 6.45) is 2.43. The molecule has 0 fully saturated rings. The van der Waals surface area contributed by atoms with Crippen LogP contribution in [0.4, 0.5) is 5.00 Å². The maximum Gasteiger partial charge on any atom is 0.340 e. The van der Waals surface area contributed by atoms with E-state index in [9.17, 15) is 9.59 Å². The highest BCUT2D eigenvalue weighted by Crippen LogP contribution is 2.28. The largest absolute Gasteiger partial charge is 0.478 e. The summed E-state index contributed by atoms with van der Waals surface area (Å²) < 4.78 is 3.99. The number of carboxylic acids is 1. The van der Waals surface area contributed by atoms with Gasteiger partial charge in [0.2, 0.25) is 5.91 Å². The number of nitrogens with zero attached hydrogens (tertiary/aromatic N) is 2. The van der Waals surface area contributed by atoms with Crippen molar-refractivity contribution in [3.05, 3.63) is 11.3 Å². The summed E-state index contributed by atoms with van der Waals surface area (Å²) in [6.45, 7) is 3.63. The number of aromatic nitrogens is 1. The molecule has 1 amide bonds. The molecule has 1 atom stereocenters. The fraction of sp³-hybridized carbons (Fsp3) is 0.583. The minimum Gasteiger partial charge on any atom is -0.478 e. The molecule has 0 saturated heterocycles. The molecule has 6 nitrogen and oxygen atoms in total. The lowest BCUT2D eigenvalue weighted by molar-refractivity contribution is -0.119. The number of unbranched alkanes of at least 4 members (excludes halogenated alkanes) is 1. The molecule has 1 aromatic rings. The number of carbonyl (C=O) groups is 2. The smallest absolute Gasteiger partial charge is 0.340 e. The highest BCUT2D eigenvalue weighted by Gasteiger charge is 2.26. The number of aryl methyl sites for hydroxylation is 1. The molecule has 1 rings (SSSR count). The van der Waals surface area contributed by atoms with E-state index in [1.165, 1.54) is 11.9 Å². The SMILES string of the molecule is CCCCC(N)C(=O)N(C)c1snc(C)c1C(=O)O. The van der Waals surface area contributed by atoms with Gasteiger partial charge in [-0.3, -0.25) is 4.79 Å². The molecule has 106 valence electrons. The van der Waals surface area contributed by atoms with Crippen molar-refractivity contribution in [3.63, 3.8) is 0 Å². The number of rotatable bonds is 6. The molecule has 19 heavy (non-hydrogen) atoms. The highest BCUT2D eigenvalue weighted by molar-refractivity contribution is 7.11. The van der Waals surface area contributed by atoms with E-state index in [-0.39, 0.29) is 11.5 Å². The van der Waals surface area contributed by atoms with Gasteiger partial charge in [-0.05, 0) is 24.9 Å². The fourth-order valence-corrected chi connectivity index (χ4v) is 2.58. The first-order chi connectivity index (χ1) is 8.90. The first kappa shape index (κ1) is 15.6. The van der Waals surface area contributed by atoms with Gasteiger partial charge < -0.3 is 15.7 Å². The van der Waals surface area contributed by atoms with E-state index in [2.05, 4.69) is 4.37 Å². The molecule has 0 saturated carbocycles. The topological polar surface area (TPSA) is 96.5 Å². The van der Waals surface area contributed by atoms with E-state index in [0.717, 1.165) is 24.4 Å². The molecule has 1 unspecified atom stereocenters. The van der Waals surface area contributed by atoms with Crippen molar-refractivity contribution in [1.82, 2.24) is 4.37 Å². The maximum absolute atomic E-state index is 12.1. The monoisotopic (exact) mass is 285 g/mol. The summed E-state index contributed by atoms with van der Waals surface area (Å²) in [7, 11) is 1.54. The first-order valence-electron chi connectivity index (χ1n) is 6.12. The Bertz CT molecular complexity index is 473. The lowest BCUT2D eigenvalue weighted by atomic mass is 10.1. The molecule has 0 radical (unpaired) electrons. The van der Waals surface area contributed by atoms with E-state index in [1.807, 2.05) is 6.92 Å². The van der Waals surface area contributed by atoms with Crippen molar-refractivity contribution in [2.24, 2.45) is 5.73 Å². The maximum atomic E-state index is 12.1. The fourth-order valence-electron chi connectivity index (χ4n) is 1.73. The lowest BCUT2D eigenvalue weighted by Gasteiger charge is -2.20. The van der Waals surface area contributed by atoms with Crippen LogP contribution in [0, 0.1) is 6.92 Å². The molecule has 0 aliphatic heterocycles. The zero-order valence-corrected chi connectivity index (χ0v) is 12.2. The zero-order chi connectivity index (χ0) is 14.6. The summed E-state index contributed by atoms with van der Waals surface area (Å²) in [5.41, 5.74) is 6.30. The summed E-state index contributed by atoms with van der Waals surface area (Å²) >= 11 is 1.00. The van der Waals surface area contributed by atoms with Crippen LogP contribution in [0.5, 0.6) is 0 Å². The van der Waals surface area contributed by atoms with E-state index in [1.54, 1.807) is 6.92 Å². The van der Waals surface area contributed by atoms with Crippen molar-refractivity contribution in [3.8, 4) is 0 Å². The molecular weight excluding hydrogens is 266 g/mol. The van der Waals surface area contributed by atoms with Crippen LogP contribution in [0.15, 0.2) is 0 Å². The molecule has 0 aliphatic carbocycles. The Kier molecular flexibility index (Phi) is 5.44. The summed E-state index contributed by atoms with van der Waals surface area (Å²) in [4.78, 5) is 24.6. The Morgan fingerprint density at radius 1 is 1.53 bits per heavy atom. The number of anilines is 1. The lowest BCUT2D eigenvalue weighted by Crippen LogP contribution is -2.42. The van der Waals surface area contributed by atoms with Gasteiger partial charge in [0, 0.05) is 7.05 Å². The predicted molar refractivity (Wildman–Crippen MR) is 74.7 cm³/mol. The number of carbonyl (C=O) groups excluding carboxylic acids is 1. The number of hydrogen-bond acceptors (Lipinski definition) is 5. The van der Waals surface area contributed by atoms with E-state index in [4.69, 9.17) is 10.8 Å². The van der Waals surface area contributed by atoms with Crippen LogP contribution in [0.25, 0.3) is 0 Å². The molecule has 3 N–H and O–H groups in total. The van der Waals surface area contributed by atoms with Crippen LogP contribution >= 0.6 is 11.5 Å². The second-order valence-corrected chi connectivity index (χ2v) is 5.15. The van der Waals surface area contributed by atoms with Gasteiger partial charge in [0.25, 0.3) is 0 Å². The van der Waals surface area contributed by atoms with Crippen molar-refractivity contribution in [2.45, 2.75) is 39.2 Å². The van der Waals surface area contributed by atoms with Crippen LogP contribution < -0.4 is 10.6 Å². The normalized spacial score (nSPS) is 12.2. The molecule has 0 aliphatic rings. The van der Waals surface area contributed by atoms with Gasteiger partial charge in [-0.15, -0.1) is 0 Å². The third-order valence-electron chi connectivity index (χ3n) is 2.88. The summed E-state index contributed by atoms with van der Waals surface area (Å²) in [5.74, 6) is -1.36. The van der Waals surface area contributed by atoms with Gasteiger partial charge in [0.15, 0.2) is 0 Å². The number of likely N-dealkylation sites (N-methyl/N-ethyl adjacent to an activating group) is 1. The van der Waals surface area contributed by atoms with Crippen molar-refractivity contribution >= 4 is 28.4 Å².